The second-order valence-corrected chi connectivity index (χ2v) is 6.47. The number of aryl methyl sites for hydroxylation is 1. The lowest BCUT2D eigenvalue weighted by Gasteiger charge is -2.30. The number of rotatable bonds is 4. The summed E-state index contributed by atoms with van der Waals surface area (Å²) in [6.07, 6.45) is 1.85. The number of halogens is 2. The van der Waals surface area contributed by atoms with Crippen molar-refractivity contribution in [2.75, 3.05) is 16.8 Å². The first kappa shape index (κ1) is 19.1. The molecule has 0 spiro atoms. The van der Waals surface area contributed by atoms with E-state index in [1.165, 1.54) is 23.3 Å². The second-order valence-electron chi connectivity index (χ2n) is 6.47. The summed E-state index contributed by atoms with van der Waals surface area (Å²) in [7, 11) is 0. The molecular weight excluding hydrogens is 363 g/mol. The van der Waals surface area contributed by atoms with Crippen molar-refractivity contribution in [3.05, 3.63) is 77.2 Å². The Morgan fingerprint density at radius 1 is 1.04 bits per heavy atom. The summed E-state index contributed by atoms with van der Waals surface area (Å²) < 4.78 is 13.1. The maximum Gasteiger partial charge on any atom is 0.229 e. The first-order valence-electron chi connectivity index (χ1n) is 8.93. The molecule has 0 aliphatic carbocycles. The summed E-state index contributed by atoms with van der Waals surface area (Å²) in [4.78, 5) is 11.6. The molecule has 6 heteroatoms. The molecule has 1 aliphatic heterocycles. The Kier molecular flexibility index (Phi) is 5.91. The van der Waals surface area contributed by atoms with E-state index in [2.05, 4.69) is 52.5 Å². The highest BCUT2D eigenvalue weighted by Crippen LogP contribution is 2.25. The molecule has 3 aromatic rings. The molecule has 0 radical (unpaired) electrons. The fourth-order valence-corrected chi connectivity index (χ4v) is 3.24. The second kappa shape index (κ2) is 8.35. The lowest BCUT2D eigenvalue weighted by atomic mass is 10.00. The summed E-state index contributed by atoms with van der Waals surface area (Å²) in [5.74, 6) is 1.22. The van der Waals surface area contributed by atoms with Crippen LogP contribution in [-0.2, 0) is 19.4 Å². The molecule has 1 N–H and O–H groups in total. The average Bonchev–Trinajstić information content (AvgIpc) is 2.69. The normalized spacial score (nSPS) is 12.9. The van der Waals surface area contributed by atoms with Gasteiger partial charge in [0, 0.05) is 30.5 Å². The van der Waals surface area contributed by atoms with E-state index in [9.17, 15) is 4.39 Å². The maximum absolute atomic E-state index is 13.1. The smallest absolute Gasteiger partial charge is 0.229 e. The first-order valence-corrected chi connectivity index (χ1v) is 8.93. The Labute approximate surface area is 164 Å². The van der Waals surface area contributed by atoms with Crippen molar-refractivity contribution in [1.82, 2.24) is 9.97 Å². The number of hydrogen-bond acceptors (Lipinski definition) is 4. The molecule has 2 aromatic carbocycles. The van der Waals surface area contributed by atoms with Crippen LogP contribution in [0.5, 0.6) is 0 Å². The molecule has 4 rings (SSSR count). The van der Waals surface area contributed by atoms with Crippen LogP contribution in [0.2, 0.25) is 0 Å². The molecule has 1 aliphatic rings. The number of nitrogens with one attached hydrogen (secondary N) is 1. The first-order chi connectivity index (χ1) is 12.7. The zero-order chi connectivity index (χ0) is 17.9. The summed E-state index contributed by atoms with van der Waals surface area (Å²) in [6.45, 7) is 3.87. The van der Waals surface area contributed by atoms with Crippen LogP contribution in [0.1, 0.15) is 23.7 Å². The van der Waals surface area contributed by atoms with E-state index in [1.54, 1.807) is 12.1 Å². The Hall–Kier alpha value is -2.66. The Balaban J connectivity index is 0.00000210. The van der Waals surface area contributed by atoms with Crippen molar-refractivity contribution < 1.29 is 4.39 Å². The minimum Gasteiger partial charge on any atom is -0.352 e. The van der Waals surface area contributed by atoms with E-state index < -0.39 is 0 Å². The van der Waals surface area contributed by atoms with Gasteiger partial charge in [0.2, 0.25) is 5.95 Å². The molecule has 0 atom stereocenters. The fourth-order valence-electron chi connectivity index (χ4n) is 3.24. The van der Waals surface area contributed by atoms with Gasteiger partial charge in [-0.05, 0) is 48.2 Å². The summed E-state index contributed by atoms with van der Waals surface area (Å²) >= 11 is 0. The van der Waals surface area contributed by atoms with Gasteiger partial charge in [0.05, 0.1) is 0 Å². The molecule has 0 amide bonds. The largest absolute Gasteiger partial charge is 0.352 e. The van der Waals surface area contributed by atoms with Crippen molar-refractivity contribution in [3.63, 3.8) is 0 Å². The summed E-state index contributed by atoms with van der Waals surface area (Å²) in [6, 6.07) is 16.8. The molecule has 2 heterocycles. The van der Waals surface area contributed by atoms with Gasteiger partial charge < -0.3 is 10.2 Å². The minimum absolute atomic E-state index is 0. The van der Waals surface area contributed by atoms with E-state index in [4.69, 9.17) is 4.98 Å². The third-order valence-corrected chi connectivity index (χ3v) is 4.68. The molecule has 0 unspecified atom stereocenters. The van der Waals surface area contributed by atoms with Gasteiger partial charge in [0.1, 0.15) is 11.6 Å². The molecule has 27 heavy (non-hydrogen) atoms. The maximum atomic E-state index is 13.1. The van der Waals surface area contributed by atoms with Gasteiger partial charge in [-0.2, -0.15) is 4.98 Å². The van der Waals surface area contributed by atoms with Crippen LogP contribution in [0.25, 0.3) is 0 Å². The standard InChI is InChI=1S/C21H21FN4.ClH/c1-2-18-13-20(26-12-11-15-5-3-4-6-16(15)14-26)25-21(23-18)24-19-9-7-17(22)8-10-19;/h3-10,13H,2,11-12,14H2,1H3,(H,23,24,25);1H. The third kappa shape index (κ3) is 4.37. The number of anilines is 3. The van der Waals surface area contributed by atoms with Crippen LogP contribution >= 0.6 is 12.4 Å². The predicted octanol–water partition coefficient (Wildman–Crippen LogP) is 4.91. The molecule has 1 aromatic heterocycles. The Morgan fingerprint density at radius 2 is 1.78 bits per heavy atom. The molecule has 0 saturated heterocycles. The van der Waals surface area contributed by atoms with Crippen LogP contribution in [0, 0.1) is 5.82 Å². The number of benzene rings is 2. The van der Waals surface area contributed by atoms with Crippen molar-refractivity contribution in [1.29, 1.82) is 0 Å². The van der Waals surface area contributed by atoms with E-state index in [0.717, 1.165) is 43.1 Å². The van der Waals surface area contributed by atoms with Crippen LogP contribution in [0.15, 0.2) is 54.6 Å². The molecule has 140 valence electrons. The number of hydrogen-bond donors (Lipinski definition) is 1. The highest BCUT2D eigenvalue weighted by Gasteiger charge is 2.18. The van der Waals surface area contributed by atoms with Crippen molar-refractivity contribution in [3.8, 4) is 0 Å². The van der Waals surface area contributed by atoms with E-state index in [1.807, 2.05) is 0 Å². The van der Waals surface area contributed by atoms with Gasteiger partial charge in [-0.1, -0.05) is 31.2 Å². The van der Waals surface area contributed by atoms with Crippen LogP contribution < -0.4 is 10.2 Å². The van der Waals surface area contributed by atoms with Crippen LogP contribution in [0.3, 0.4) is 0 Å². The predicted molar refractivity (Wildman–Crippen MR) is 110 cm³/mol. The van der Waals surface area contributed by atoms with E-state index in [-0.39, 0.29) is 18.2 Å². The molecule has 0 fully saturated rings. The quantitative estimate of drug-likeness (QED) is 0.694. The topological polar surface area (TPSA) is 41.1 Å². The Bertz CT molecular complexity index is 914. The molecule has 0 saturated carbocycles. The van der Waals surface area contributed by atoms with Gasteiger partial charge in [-0.25, -0.2) is 9.37 Å². The van der Waals surface area contributed by atoms with Crippen molar-refractivity contribution in [2.45, 2.75) is 26.3 Å². The number of fused-ring (bicyclic) bond motifs is 1. The van der Waals surface area contributed by atoms with Crippen molar-refractivity contribution >= 4 is 29.9 Å². The van der Waals surface area contributed by atoms with Gasteiger partial charge in [-0.3, -0.25) is 0 Å². The SMILES string of the molecule is CCc1cc(N2CCc3ccccc3C2)nc(Nc2ccc(F)cc2)n1.Cl. The third-order valence-electron chi connectivity index (χ3n) is 4.68. The van der Waals surface area contributed by atoms with Crippen LogP contribution in [-0.4, -0.2) is 16.5 Å². The summed E-state index contributed by atoms with van der Waals surface area (Å²) in [5, 5.41) is 3.19. The molecule has 4 nitrogen and oxygen atoms in total. The highest BCUT2D eigenvalue weighted by atomic mass is 35.5. The summed E-state index contributed by atoms with van der Waals surface area (Å²) in [5.41, 5.74) is 4.52. The highest BCUT2D eigenvalue weighted by molar-refractivity contribution is 5.85. The van der Waals surface area contributed by atoms with Crippen LogP contribution in [0.4, 0.5) is 21.8 Å². The zero-order valence-electron chi connectivity index (χ0n) is 15.2. The van der Waals surface area contributed by atoms with Gasteiger partial charge in [0.25, 0.3) is 0 Å². The molecule has 0 bridgehead atoms. The lowest BCUT2D eigenvalue weighted by Crippen LogP contribution is -2.31. The van der Waals surface area contributed by atoms with E-state index >= 15 is 0 Å². The monoisotopic (exact) mass is 384 g/mol. The van der Waals surface area contributed by atoms with E-state index in [0.29, 0.717) is 5.95 Å². The fraction of sp³-hybridized carbons (Fsp3) is 0.238. The molecular formula is C21H22ClFN4. The number of nitrogens with zero attached hydrogens (tertiary/aromatic N) is 3. The average molecular weight is 385 g/mol. The lowest BCUT2D eigenvalue weighted by molar-refractivity contribution is 0.628. The minimum atomic E-state index is -0.258. The van der Waals surface area contributed by atoms with Gasteiger partial charge in [0.15, 0.2) is 0 Å². The zero-order valence-corrected chi connectivity index (χ0v) is 16.0. The van der Waals surface area contributed by atoms with Crippen molar-refractivity contribution in [2.24, 2.45) is 0 Å². The Morgan fingerprint density at radius 3 is 2.52 bits per heavy atom. The number of aromatic nitrogens is 2. The van der Waals surface area contributed by atoms with Gasteiger partial charge >= 0.3 is 0 Å². The van der Waals surface area contributed by atoms with Gasteiger partial charge in [-0.15, -0.1) is 12.4 Å².